The van der Waals surface area contributed by atoms with Crippen molar-refractivity contribution in [2.24, 2.45) is 15.9 Å². The van der Waals surface area contributed by atoms with Crippen molar-refractivity contribution in [1.82, 2.24) is 0 Å². The Kier molecular flexibility index (Phi) is 13.5. The van der Waals surface area contributed by atoms with E-state index in [0.29, 0.717) is 12.5 Å². The van der Waals surface area contributed by atoms with Crippen LogP contribution in [0.2, 0.25) is 0 Å². The lowest BCUT2D eigenvalue weighted by Crippen LogP contribution is -2.26. The third-order valence-corrected chi connectivity index (χ3v) is 3.27. The van der Waals surface area contributed by atoms with Gasteiger partial charge in [-0.3, -0.25) is 0 Å². The number of hydrogen-bond donors (Lipinski definition) is 1. The van der Waals surface area contributed by atoms with Gasteiger partial charge in [-0.25, -0.2) is 19.4 Å². The number of ether oxygens (including phenoxy) is 1. The van der Waals surface area contributed by atoms with E-state index in [1.54, 1.807) is 13.0 Å². The highest BCUT2D eigenvalue weighted by Crippen LogP contribution is 2.25. The van der Waals surface area contributed by atoms with Gasteiger partial charge in [-0.1, -0.05) is 13.3 Å². The predicted octanol–water partition coefficient (Wildman–Crippen LogP) is 2.86. The van der Waals surface area contributed by atoms with Gasteiger partial charge in [0.05, 0.1) is 18.7 Å². The maximum Gasteiger partial charge on any atom is 0.372 e. The van der Waals surface area contributed by atoms with Crippen LogP contribution in [0.4, 0.5) is 0 Å². The molecular weight excluding hydrogens is 300 g/mol. The molecule has 0 saturated carbocycles. The van der Waals surface area contributed by atoms with Gasteiger partial charge < -0.3 is 9.84 Å². The van der Waals surface area contributed by atoms with Gasteiger partial charge in [0.1, 0.15) is 0 Å². The van der Waals surface area contributed by atoms with Gasteiger partial charge in [0.2, 0.25) is 12.2 Å². The lowest BCUT2D eigenvalue weighted by Gasteiger charge is -2.25. The second-order valence-electron chi connectivity index (χ2n) is 5.39. The summed E-state index contributed by atoms with van der Waals surface area (Å²) in [4.78, 5) is 37.4. The molecule has 0 fully saturated rings. The normalized spacial score (nSPS) is 11.0. The number of aliphatic hydroxyl groups excluding tert-OH is 1. The molecule has 0 saturated heterocycles. The van der Waals surface area contributed by atoms with E-state index in [-0.39, 0.29) is 12.1 Å². The second-order valence-corrected chi connectivity index (χ2v) is 5.39. The first-order chi connectivity index (χ1) is 10.7. The number of hydrogen-bond acceptors (Lipinski definition) is 7. The van der Waals surface area contributed by atoms with Gasteiger partial charge in [-0.2, -0.15) is 4.99 Å². The lowest BCUT2D eigenvalue weighted by atomic mass is 9.86. The zero-order chi connectivity index (χ0) is 18.3. The first-order valence-electron chi connectivity index (χ1n) is 7.40. The quantitative estimate of drug-likeness (QED) is 0.175. The van der Waals surface area contributed by atoms with Crippen molar-refractivity contribution in [3.8, 4) is 0 Å². The Balaban J connectivity index is 0. The van der Waals surface area contributed by atoms with Crippen LogP contribution < -0.4 is 0 Å². The van der Waals surface area contributed by atoms with Crippen molar-refractivity contribution >= 4 is 18.1 Å². The van der Waals surface area contributed by atoms with Crippen LogP contribution in [0, 0.1) is 5.92 Å². The molecule has 0 radical (unpaired) electrons. The standard InChI is InChI=1S/C11H18N2O2.C5H8O3/c1-10(11(2,3)13-9-15)6-4-5-7-12-8-14;1-3-8-5(7)4(2)6/h10H,4-7H2,1-3H3;6H,2-3H2,1H3. The van der Waals surface area contributed by atoms with E-state index in [1.165, 1.54) is 6.08 Å². The van der Waals surface area contributed by atoms with Gasteiger partial charge in [0.15, 0.2) is 5.76 Å². The molecule has 130 valence electrons. The van der Waals surface area contributed by atoms with E-state index < -0.39 is 11.7 Å². The first-order valence-corrected chi connectivity index (χ1v) is 7.40. The Labute approximate surface area is 137 Å². The molecule has 0 aliphatic rings. The molecular formula is C16H26N2O5. The Morgan fingerprint density at radius 3 is 2.30 bits per heavy atom. The number of carbonyl (C=O) groups excluding carboxylic acids is 3. The summed E-state index contributed by atoms with van der Waals surface area (Å²) < 4.78 is 4.31. The number of rotatable bonds is 9. The third-order valence-electron chi connectivity index (χ3n) is 3.27. The Bertz CT molecular complexity index is 461. The van der Waals surface area contributed by atoms with E-state index in [4.69, 9.17) is 5.11 Å². The Hall–Kier alpha value is -2.23. The van der Waals surface area contributed by atoms with Gasteiger partial charge in [0.25, 0.3) is 0 Å². The minimum Gasteiger partial charge on any atom is -0.502 e. The van der Waals surface area contributed by atoms with E-state index >= 15 is 0 Å². The zero-order valence-electron chi connectivity index (χ0n) is 14.3. The van der Waals surface area contributed by atoms with Crippen molar-refractivity contribution < 1.29 is 24.2 Å². The first kappa shape index (κ1) is 23.0. The zero-order valence-corrected chi connectivity index (χ0v) is 14.3. The van der Waals surface area contributed by atoms with Crippen LogP contribution in [-0.4, -0.2) is 41.9 Å². The molecule has 1 N–H and O–H groups in total. The summed E-state index contributed by atoms with van der Waals surface area (Å²) in [6, 6.07) is 0. The molecule has 0 aromatic heterocycles. The van der Waals surface area contributed by atoms with Crippen LogP contribution in [0.5, 0.6) is 0 Å². The summed E-state index contributed by atoms with van der Waals surface area (Å²) in [7, 11) is 0. The van der Waals surface area contributed by atoms with Crippen LogP contribution in [0.3, 0.4) is 0 Å². The topological polar surface area (TPSA) is 105 Å². The van der Waals surface area contributed by atoms with Gasteiger partial charge in [-0.15, -0.1) is 0 Å². The Morgan fingerprint density at radius 2 is 1.91 bits per heavy atom. The molecule has 0 aromatic carbocycles. The molecule has 7 heteroatoms. The smallest absolute Gasteiger partial charge is 0.372 e. The SMILES string of the molecule is C=C(O)C(=O)OCC.CC(CCCCN=C=O)C(C)(C)N=C=O. The number of aliphatic imine (C=N–C) groups is 2. The second kappa shape index (κ2) is 13.4. The average Bonchev–Trinajstić information content (AvgIpc) is 2.47. The highest BCUT2D eigenvalue weighted by atomic mass is 16.5. The van der Waals surface area contributed by atoms with Crippen molar-refractivity contribution in [3.63, 3.8) is 0 Å². The number of carbonyl (C=O) groups is 1. The van der Waals surface area contributed by atoms with E-state index in [0.717, 1.165) is 19.3 Å². The molecule has 0 bridgehead atoms. The van der Waals surface area contributed by atoms with Crippen molar-refractivity contribution in [3.05, 3.63) is 12.3 Å². The minimum absolute atomic E-state index is 0.262. The van der Waals surface area contributed by atoms with E-state index in [2.05, 4.69) is 28.2 Å². The summed E-state index contributed by atoms with van der Waals surface area (Å²) in [5, 5.41) is 8.28. The summed E-state index contributed by atoms with van der Waals surface area (Å²) in [6.45, 7) is 11.3. The highest BCUT2D eigenvalue weighted by Gasteiger charge is 2.24. The summed E-state index contributed by atoms with van der Waals surface area (Å²) in [5.74, 6) is -0.987. The largest absolute Gasteiger partial charge is 0.502 e. The predicted molar refractivity (Wildman–Crippen MR) is 86.6 cm³/mol. The maximum atomic E-state index is 10.2. The number of aliphatic hydroxyl groups is 1. The van der Waals surface area contributed by atoms with Crippen molar-refractivity contribution in [2.75, 3.05) is 13.2 Å². The van der Waals surface area contributed by atoms with Gasteiger partial charge >= 0.3 is 5.97 Å². The highest BCUT2D eigenvalue weighted by molar-refractivity contribution is 5.84. The third kappa shape index (κ3) is 13.2. The van der Waals surface area contributed by atoms with Crippen LogP contribution >= 0.6 is 0 Å². The summed E-state index contributed by atoms with van der Waals surface area (Å²) in [6.07, 6.45) is 5.93. The molecule has 1 unspecified atom stereocenters. The molecule has 7 nitrogen and oxygen atoms in total. The van der Waals surface area contributed by atoms with Gasteiger partial charge in [0, 0.05) is 0 Å². The molecule has 0 heterocycles. The molecule has 0 aromatic rings. The summed E-state index contributed by atoms with van der Waals surface area (Å²) in [5.41, 5.74) is -0.352. The molecule has 0 aliphatic carbocycles. The fourth-order valence-electron chi connectivity index (χ4n) is 1.48. The van der Waals surface area contributed by atoms with Gasteiger partial charge in [-0.05, 0) is 46.1 Å². The number of isocyanates is 2. The fraction of sp³-hybridized carbons (Fsp3) is 0.688. The maximum absolute atomic E-state index is 10.2. The molecule has 0 amide bonds. The number of nitrogens with zero attached hydrogens (tertiary/aromatic N) is 2. The van der Waals surface area contributed by atoms with E-state index in [9.17, 15) is 14.4 Å². The number of esters is 1. The van der Waals surface area contributed by atoms with Crippen LogP contribution in [0.25, 0.3) is 0 Å². The molecule has 0 aliphatic heterocycles. The van der Waals surface area contributed by atoms with Crippen LogP contribution in [0.1, 0.15) is 47.0 Å². The number of unbranched alkanes of at least 4 members (excludes halogenated alkanes) is 1. The molecule has 1 atom stereocenters. The van der Waals surface area contributed by atoms with Crippen LogP contribution in [-0.2, 0) is 19.1 Å². The monoisotopic (exact) mass is 326 g/mol. The molecule has 0 spiro atoms. The molecule has 0 rings (SSSR count). The Morgan fingerprint density at radius 1 is 1.30 bits per heavy atom. The average molecular weight is 326 g/mol. The van der Waals surface area contributed by atoms with Crippen molar-refractivity contribution in [2.45, 2.75) is 52.5 Å². The van der Waals surface area contributed by atoms with Crippen LogP contribution in [0.15, 0.2) is 22.3 Å². The van der Waals surface area contributed by atoms with E-state index in [1.807, 2.05) is 13.8 Å². The van der Waals surface area contributed by atoms with Crippen molar-refractivity contribution in [1.29, 1.82) is 0 Å². The minimum atomic E-state index is -0.757. The summed E-state index contributed by atoms with van der Waals surface area (Å²) >= 11 is 0. The lowest BCUT2D eigenvalue weighted by molar-refractivity contribution is -0.141. The molecule has 23 heavy (non-hydrogen) atoms. The fourth-order valence-corrected chi connectivity index (χ4v) is 1.48.